The molecular formula is C18H28N4O3. The van der Waals surface area contributed by atoms with Gasteiger partial charge in [0, 0.05) is 12.5 Å². The zero-order valence-electron chi connectivity index (χ0n) is 14.6. The van der Waals surface area contributed by atoms with Crippen LogP contribution < -0.4 is 16.8 Å². The highest BCUT2D eigenvalue weighted by Crippen LogP contribution is 2.45. The average Bonchev–Trinajstić information content (AvgIpc) is 3.05. The summed E-state index contributed by atoms with van der Waals surface area (Å²) < 4.78 is 0. The molecule has 3 rings (SSSR count). The number of nitrogens with two attached hydrogens (primary N) is 2. The minimum absolute atomic E-state index is 0.0492. The number of nitrogens with one attached hydrogen (secondary N) is 1. The number of carbonyl (C=O) groups excluding carboxylic acids is 3. The number of hydrogen-bond acceptors (Lipinski definition) is 4. The van der Waals surface area contributed by atoms with Gasteiger partial charge in [-0.2, -0.15) is 0 Å². The number of allylic oxidation sites excluding steroid dienone is 1. The van der Waals surface area contributed by atoms with Crippen LogP contribution in [-0.2, 0) is 14.4 Å². The molecule has 0 aromatic heterocycles. The van der Waals surface area contributed by atoms with Gasteiger partial charge in [0.2, 0.25) is 17.7 Å². The fourth-order valence-corrected chi connectivity index (χ4v) is 4.02. The molecule has 7 heteroatoms. The van der Waals surface area contributed by atoms with Gasteiger partial charge < -0.3 is 21.7 Å². The van der Waals surface area contributed by atoms with Crippen molar-refractivity contribution in [2.45, 2.75) is 69.0 Å². The molecule has 0 unspecified atom stereocenters. The Labute approximate surface area is 148 Å². The minimum Gasteiger partial charge on any atom is -0.368 e. The van der Waals surface area contributed by atoms with Gasteiger partial charge in [-0.25, -0.2) is 0 Å². The Morgan fingerprint density at radius 2 is 2.00 bits per heavy atom. The lowest BCUT2D eigenvalue weighted by molar-refractivity contribution is -0.140. The predicted octanol–water partition coefficient (Wildman–Crippen LogP) is 0.185. The Hall–Kier alpha value is -1.89. The van der Waals surface area contributed by atoms with Crippen molar-refractivity contribution in [2.75, 3.05) is 6.54 Å². The first kappa shape index (κ1) is 17.9. The monoisotopic (exact) mass is 348 g/mol. The van der Waals surface area contributed by atoms with Crippen LogP contribution in [0.5, 0.6) is 0 Å². The van der Waals surface area contributed by atoms with Gasteiger partial charge in [0.05, 0.1) is 6.04 Å². The maximum atomic E-state index is 12.8. The molecule has 25 heavy (non-hydrogen) atoms. The maximum Gasteiger partial charge on any atom is 0.243 e. The summed E-state index contributed by atoms with van der Waals surface area (Å²) in [6.07, 6.45) is 10.4. The van der Waals surface area contributed by atoms with Gasteiger partial charge in [0.1, 0.15) is 11.6 Å². The summed E-state index contributed by atoms with van der Waals surface area (Å²) in [6, 6.07) is -1.11. The minimum atomic E-state index is -0.993. The second-order valence-corrected chi connectivity index (χ2v) is 7.50. The average molecular weight is 348 g/mol. The van der Waals surface area contributed by atoms with Crippen LogP contribution in [0.2, 0.25) is 0 Å². The second kappa shape index (κ2) is 7.15. The molecule has 2 heterocycles. The number of hydrogen-bond donors (Lipinski definition) is 3. The van der Waals surface area contributed by atoms with Crippen LogP contribution in [0.3, 0.4) is 0 Å². The van der Waals surface area contributed by atoms with E-state index in [-0.39, 0.29) is 17.7 Å². The van der Waals surface area contributed by atoms with Crippen molar-refractivity contribution in [1.82, 2.24) is 10.2 Å². The fourth-order valence-electron chi connectivity index (χ4n) is 4.02. The highest BCUT2D eigenvalue weighted by Gasteiger charge is 2.59. The molecule has 1 saturated carbocycles. The molecule has 0 spiro atoms. The van der Waals surface area contributed by atoms with Crippen molar-refractivity contribution >= 4 is 17.7 Å². The molecule has 0 aromatic carbocycles. The van der Waals surface area contributed by atoms with E-state index < -0.39 is 23.5 Å². The van der Waals surface area contributed by atoms with Crippen LogP contribution in [0.1, 0.15) is 51.4 Å². The van der Waals surface area contributed by atoms with Gasteiger partial charge in [0.25, 0.3) is 0 Å². The van der Waals surface area contributed by atoms with Crippen molar-refractivity contribution in [3.05, 3.63) is 12.2 Å². The van der Waals surface area contributed by atoms with E-state index in [2.05, 4.69) is 11.4 Å². The van der Waals surface area contributed by atoms with Gasteiger partial charge in [0.15, 0.2) is 0 Å². The molecule has 4 atom stereocenters. The maximum absolute atomic E-state index is 12.8. The van der Waals surface area contributed by atoms with E-state index in [1.54, 1.807) is 4.90 Å². The summed E-state index contributed by atoms with van der Waals surface area (Å²) in [7, 11) is 0. The Kier molecular flexibility index (Phi) is 5.13. The Balaban J connectivity index is 1.80. The van der Waals surface area contributed by atoms with Gasteiger partial charge in [-0.15, -0.1) is 0 Å². The Morgan fingerprint density at radius 1 is 1.20 bits per heavy atom. The molecule has 5 N–H and O–H groups in total. The van der Waals surface area contributed by atoms with E-state index >= 15 is 0 Å². The van der Waals surface area contributed by atoms with Gasteiger partial charge >= 0.3 is 0 Å². The summed E-state index contributed by atoms with van der Waals surface area (Å²) >= 11 is 0. The van der Waals surface area contributed by atoms with Crippen molar-refractivity contribution in [3.8, 4) is 0 Å². The smallest absolute Gasteiger partial charge is 0.243 e. The SMILES string of the molecule is NC(=O)[C@@]12C[C@H]1/C=C\CCCCC[C@H](N)C(=O)N1CCC[C@H]1C(=O)N2. The zero-order valence-corrected chi connectivity index (χ0v) is 14.6. The molecule has 3 aliphatic rings. The van der Waals surface area contributed by atoms with Crippen molar-refractivity contribution in [3.63, 3.8) is 0 Å². The van der Waals surface area contributed by atoms with E-state index in [0.29, 0.717) is 25.8 Å². The van der Waals surface area contributed by atoms with Crippen LogP contribution >= 0.6 is 0 Å². The summed E-state index contributed by atoms with van der Waals surface area (Å²) in [4.78, 5) is 38.9. The number of fused-ring (bicyclic) bond motifs is 2. The molecule has 2 fully saturated rings. The van der Waals surface area contributed by atoms with E-state index in [0.717, 1.165) is 32.1 Å². The Bertz CT molecular complexity index is 591. The second-order valence-electron chi connectivity index (χ2n) is 7.50. The molecule has 138 valence electrons. The van der Waals surface area contributed by atoms with Crippen molar-refractivity contribution in [1.29, 1.82) is 0 Å². The summed E-state index contributed by atoms with van der Waals surface area (Å²) in [5.41, 5.74) is 10.6. The number of carbonyl (C=O) groups is 3. The first-order valence-electron chi connectivity index (χ1n) is 9.30. The van der Waals surface area contributed by atoms with E-state index in [4.69, 9.17) is 11.5 Å². The third-order valence-electron chi connectivity index (χ3n) is 5.71. The highest BCUT2D eigenvalue weighted by atomic mass is 16.2. The summed E-state index contributed by atoms with van der Waals surface area (Å²) in [5.74, 6) is -1.01. The Morgan fingerprint density at radius 3 is 2.76 bits per heavy atom. The molecule has 3 amide bonds. The lowest BCUT2D eigenvalue weighted by atomic mass is 10.1. The van der Waals surface area contributed by atoms with Crippen molar-refractivity contribution in [2.24, 2.45) is 17.4 Å². The first-order valence-corrected chi connectivity index (χ1v) is 9.30. The van der Waals surface area contributed by atoms with Crippen LogP contribution in [-0.4, -0.2) is 46.8 Å². The zero-order chi connectivity index (χ0) is 18.0. The number of primary amides is 1. The standard InChI is InChI=1S/C18H28N4O3/c19-13-8-5-3-1-2-4-7-12-11-18(12,17(20)25)21-15(23)14-9-6-10-22(14)16(13)24/h4,7,12-14H,1-3,5-6,8-11,19H2,(H2,20,25)(H,21,23)/b7-4-/t12-,13+,14+,18-/m1/s1. The van der Waals surface area contributed by atoms with Crippen LogP contribution in [0, 0.1) is 5.92 Å². The number of amides is 3. The quantitative estimate of drug-likeness (QED) is 0.586. The fraction of sp³-hybridized carbons (Fsp3) is 0.722. The molecule has 0 radical (unpaired) electrons. The third-order valence-corrected chi connectivity index (χ3v) is 5.71. The van der Waals surface area contributed by atoms with Crippen LogP contribution in [0.15, 0.2) is 12.2 Å². The normalized spacial score (nSPS) is 38.0. The predicted molar refractivity (Wildman–Crippen MR) is 93.1 cm³/mol. The number of rotatable bonds is 1. The van der Waals surface area contributed by atoms with Crippen LogP contribution in [0.4, 0.5) is 0 Å². The topological polar surface area (TPSA) is 119 Å². The van der Waals surface area contributed by atoms with E-state index in [9.17, 15) is 14.4 Å². The number of nitrogens with zero attached hydrogens (tertiary/aromatic N) is 1. The van der Waals surface area contributed by atoms with Crippen molar-refractivity contribution < 1.29 is 14.4 Å². The van der Waals surface area contributed by atoms with E-state index in [1.165, 1.54) is 0 Å². The summed E-state index contributed by atoms with van der Waals surface area (Å²) in [6.45, 7) is 0.539. The van der Waals surface area contributed by atoms with E-state index in [1.807, 2.05) is 6.08 Å². The molecule has 0 bridgehead atoms. The van der Waals surface area contributed by atoms with Gasteiger partial charge in [-0.1, -0.05) is 25.0 Å². The summed E-state index contributed by atoms with van der Waals surface area (Å²) in [5, 5.41) is 2.84. The molecule has 0 aromatic rings. The highest BCUT2D eigenvalue weighted by molar-refractivity contribution is 5.97. The lowest BCUT2D eigenvalue weighted by Gasteiger charge is -2.28. The first-order chi connectivity index (χ1) is 12.0. The molecule has 7 nitrogen and oxygen atoms in total. The van der Waals surface area contributed by atoms with Gasteiger partial charge in [-0.05, 0) is 38.5 Å². The largest absolute Gasteiger partial charge is 0.368 e. The lowest BCUT2D eigenvalue weighted by Crippen LogP contribution is -2.56. The van der Waals surface area contributed by atoms with Crippen LogP contribution in [0.25, 0.3) is 0 Å². The molecule has 1 aliphatic carbocycles. The van der Waals surface area contributed by atoms with Gasteiger partial charge in [-0.3, -0.25) is 14.4 Å². The molecule has 1 saturated heterocycles. The molecule has 2 aliphatic heterocycles. The third kappa shape index (κ3) is 3.56. The molecular weight excluding hydrogens is 320 g/mol.